The van der Waals surface area contributed by atoms with E-state index in [1.165, 1.54) is 0 Å². The maximum atomic E-state index is 12.9. The summed E-state index contributed by atoms with van der Waals surface area (Å²) in [7, 11) is 0. The van der Waals surface area contributed by atoms with Crippen LogP contribution < -0.4 is 16.2 Å². The average Bonchev–Trinajstić information content (AvgIpc) is 2.95. The standard InChI is InChI=1S/C18H21N3O/c1-13-12-19-21-17(13)20-18(22)16(14-8-4-2-5-9-14)15-10-6-3-7-11-15/h2-11,13,16-17,19,21H,12H2,1H3,(H,20,22). The van der Waals surface area contributed by atoms with Gasteiger partial charge in [0.15, 0.2) is 0 Å². The van der Waals surface area contributed by atoms with Gasteiger partial charge in [0, 0.05) is 12.5 Å². The molecule has 0 saturated carbocycles. The summed E-state index contributed by atoms with van der Waals surface area (Å²) in [6.07, 6.45) is -0.0394. The number of hydrogen-bond acceptors (Lipinski definition) is 3. The molecule has 2 aromatic rings. The van der Waals surface area contributed by atoms with Gasteiger partial charge in [-0.3, -0.25) is 10.2 Å². The van der Waals surface area contributed by atoms with E-state index in [9.17, 15) is 4.79 Å². The fourth-order valence-corrected chi connectivity index (χ4v) is 2.79. The summed E-state index contributed by atoms with van der Waals surface area (Å²) in [5, 5.41) is 3.11. The lowest BCUT2D eigenvalue weighted by molar-refractivity contribution is -0.122. The third-order valence-corrected chi connectivity index (χ3v) is 4.08. The van der Waals surface area contributed by atoms with Gasteiger partial charge in [0.2, 0.25) is 5.91 Å². The molecule has 114 valence electrons. The number of nitrogens with one attached hydrogen (secondary N) is 3. The van der Waals surface area contributed by atoms with Crippen molar-refractivity contribution >= 4 is 5.91 Å². The molecule has 0 bridgehead atoms. The van der Waals surface area contributed by atoms with Gasteiger partial charge in [0.25, 0.3) is 0 Å². The maximum Gasteiger partial charge on any atom is 0.233 e. The highest BCUT2D eigenvalue weighted by molar-refractivity contribution is 5.87. The quantitative estimate of drug-likeness (QED) is 0.809. The van der Waals surface area contributed by atoms with Crippen molar-refractivity contribution in [1.82, 2.24) is 16.2 Å². The van der Waals surface area contributed by atoms with Crippen LogP contribution in [0.3, 0.4) is 0 Å². The van der Waals surface area contributed by atoms with Crippen molar-refractivity contribution in [2.45, 2.75) is 19.0 Å². The van der Waals surface area contributed by atoms with Crippen LogP contribution in [0.5, 0.6) is 0 Å². The molecule has 22 heavy (non-hydrogen) atoms. The van der Waals surface area contributed by atoms with Crippen LogP contribution in [0.1, 0.15) is 24.0 Å². The largest absolute Gasteiger partial charge is 0.338 e. The van der Waals surface area contributed by atoms with E-state index < -0.39 is 0 Å². The Morgan fingerprint density at radius 3 is 2.05 bits per heavy atom. The average molecular weight is 295 g/mol. The van der Waals surface area contributed by atoms with Gasteiger partial charge < -0.3 is 5.32 Å². The molecule has 2 unspecified atom stereocenters. The molecule has 1 aliphatic heterocycles. The Morgan fingerprint density at radius 2 is 1.59 bits per heavy atom. The summed E-state index contributed by atoms with van der Waals surface area (Å²) in [6.45, 7) is 2.96. The monoisotopic (exact) mass is 295 g/mol. The van der Waals surface area contributed by atoms with Gasteiger partial charge in [0.1, 0.15) is 0 Å². The molecule has 0 radical (unpaired) electrons. The Kier molecular flexibility index (Phi) is 4.51. The molecular weight excluding hydrogens is 274 g/mol. The number of carbonyl (C=O) groups excluding carboxylic acids is 1. The molecule has 0 spiro atoms. The van der Waals surface area contributed by atoms with Crippen molar-refractivity contribution in [2.75, 3.05) is 6.54 Å². The van der Waals surface area contributed by atoms with Crippen LogP contribution in [0.4, 0.5) is 0 Å². The predicted molar refractivity (Wildman–Crippen MR) is 87.0 cm³/mol. The molecule has 4 heteroatoms. The fourth-order valence-electron chi connectivity index (χ4n) is 2.79. The van der Waals surface area contributed by atoms with E-state index in [0.29, 0.717) is 5.92 Å². The van der Waals surface area contributed by atoms with E-state index in [4.69, 9.17) is 0 Å². The number of amides is 1. The fraction of sp³-hybridized carbons (Fsp3) is 0.278. The first-order chi connectivity index (χ1) is 10.8. The smallest absolute Gasteiger partial charge is 0.233 e. The van der Waals surface area contributed by atoms with Gasteiger partial charge in [-0.15, -0.1) is 0 Å². The van der Waals surface area contributed by atoms with Crippen molar-refractivity contribution in [3.63, 3.8) is 0 Å². The molecule has 0 aliphatic carbocycles. The summed E-state index contributed by atoms with van der Waals surface area (Å²) in [6, 6.07) is 19.8. The number of hydrazine groups is 1. The topological polar surface area (TPSA) is 53.2 Å². The molecule has 4 nitrogen and oxygen atoms in total. The van der Waals surface area contributed by atoms with Crippen LogP contribution in [0.25, 0.3) is 0 Å². The second-order valence-corrected chi connectivity index (χ2v) is 5.74. The first-order valence-corrected chi connectivity index (χ1v) is 7.64. The molecule has 1 fully saturated rings. The van der Waals surface area contributed by atoms with E-state index in [0.717, 1.165) is 17.7 Å². The van der Waals surface area contributed by atoms with Gasteiger partial charge >= 0.3 is 0 Å². The Balaban J connectivity index is 1.87. The summed E-state index contributed by atoms with van der Waals surface area (Å²) < 4.78 is 0. The molecule has 1 saturated heterocycles. The lowest BCUT2D eigenvalue weighted by Gasteiger charge is -2.22. The second kappa shape index (κ2) is 6.73. The van der Waals surface area contributed by atoms with Gasteiger partial charge in [-0.1, -0.05) is 67.6 Å². The number of benzene rings is 2. The number of carbonyl (C=O) groups is 1. The lowest BCUT2D eigenvalue weighted by Crippen LogP contribution is -2.48. The lowest BCUT2D eigenvalue weighted by atomic mass is 9.90. The summed E-state index contributed by atoms with van der Waals surface area (Å²) in [5.74, 6) is 0.0820. The predicted octanol–water partition coefficient (Wildman–Crippen LogP) is 2.00. The zero-order chi connectivity index (χ0) is 15.4. The highest BCUT2D eigenvalue weighted by atomic mass is 16.2. The number of rotatable bonds is 4. The highest BCUT2D eigenvalue weighted by Gasteiger charge is 2.29. The van der Waals surface area contributed by atoms with Crippen molar-refractivity contribution in [2.24, 2.45) is 5.92 Å². The summed E-state index contributed by atoms with van der Waals surface area (Å²) in [5.41, 5.74) is 8.20. The minimum atomic E-state index is -0.294. The van der Waals surface area contributed by atoms with Crippen molar-refractivity contribution in [3.05, 3.63) is 71.8 Å². The van der Waals surface area contributed by atoms with E-state index in [1.807, 2.05) is 60.7 Å². The van der Waals surface area contributed by atoms with Gasteiger partial charge in [0.05, 0.1) is 12.1 Å². The van der Waals surface area contributed by atoms with Crippen LogP contribution in [-0.2, 0) is 4.79 Å². The molecule has 1 amide bonds. The summed E-state index contributed by atoms with van der Waals surface area (Å²) in [4.78, 5) is 12.9. The van der Waals surface area contributed by atoms with Crippen LogP contribution >= 0.6 is 0 Å². The SMILES string of the molecule is CC1CNNC1NC(=O)C(c1ccccc1)c1ccccc1. The van der Waals surface area contributed by atoms with E-state index in [-0.39, 0.29) is 18.0 Å². The molecule has 2 atom stereocenters. The minimum Gasteiger partial charge on any atom is -0.338 e. The van der Waals surface area contributed by atoms with Crippen LogP contribution in [0.2, 0.25) is 0 Å². The molecule has 1 heterocycles. The number of hydrogen-bond donors (Lipinski definition) is 3. The maximum absolute atomic E-state index is 12.9. The molecule has 0 aromatic heterocycles. The van der Waals surface area contributed by atoms with Gasteiger partial charge in [-0.05, 0) is 11.1 Å². The minimum absolute atomic E-state index is 0.0189. The van der Waals surface area contributed by atoms with Crippen LogP contribution in [0, 0.1) is 5.92 Å². The normalized spacial score (nSPS) is 21.0. The van der Waals surface area contributed by atoms with Gasteiger partial charge in [-0.2, -0.15) is 0 Å². The second-order valence-electron chi connectivity index (χ2n) is 5.74. The highest BCUT2D eigenvalue weighted by Crippen LogP contribution is 2.25. The van der Waals surface area contributed by atoms with Crippen molar-refractivity contribution < 1.29 is 4.79 Å². The van der Waals surface area contributed by atoms with E-state index >= 15 is 0 Å². The van der Waals surface area contributed by atoms with E-state index in [1.54, 1.807) is 0 Å². The van der Waals surface area contributed by atoms with Crippen LogP contribution in [0.15, 0.2) is 60.7 Å². The first kappa shape index (κ1) is 14.8. The third-order valence-electron chi connectivity index (χ3n) is 4.08. The van der Waals surface area contributed by atoms with E-state index in [2.05, 4.69) is 23.1 Å². The molecule has 3 N–H and O–H groups in total. The van der Waals surface area contributed by atoms with Crippen LogP contribution in [-0.4, -0.2) is 18.6 Å². The Bertz CT molecular complexity index is 575. The van der Waals surface area contributed by atoms with Crippen molar-refractivity contribution in [3.8, 4) is 0 Å². The Hall–Kier alpha value is -2.17. The molecule has 3 rings (SSSR count). The Labute approximate surface area is 130 Å². The van der Waals surface area contributed by atoms with Gasteiger partial charge in [-0.25, -0.2) is 5.43 Å². The third kappa shape index (κ3) is 3.18. The summed E-state index contributed by atoms with van der Waals surface area (Å²) >= 11 is 0. The zero-order valence-corrected chi connectivity index (χ0v) is 12.6. The molecule has 1 aliphatic rings. The van der Waals surface area contributed by atoms with Crippen molar-refractivity contribution in [1.29, 1.82) is 0 Å². The Morgan fingerprint density at radius 1 is 1.05 bits per heavy atom. The first-order valence-electron chi connectivity index (χ1n) is 7.64. The molecule has 2 aromatic carbocycles. The zero-order valence-electron chi connectivity index (χ0n) is 12.6. The molecular formula is C18H21N3O.